The molecule has 7 heavy (non-hydrogen) atoms. The van der Waals surface area contributed by atoms with Gasteiger partial charge in [0.25, 0.3) is 6.43 Å². The Morgan fingerprint density at radius 1 is 1.57 bits per heavy atom. The van der Waals surface area contributed by atoms with E-state index in [9.17, 15) is 8.78 Å². The van der Waals surface area contributed by atoms with Gasteiger partial charge in [-0.05, 0) is 0 Å². The van der Waals surface area contributed by atoms with Gasteiger partial charge < -0.3 is 4.74 Å². The summed E-state index contributed by atoms with van der Waals surface area (Å²) in [6, 6.07) is 0. The lowest BCUT2D eigenvalue weighted by Crippen LogP contribution is -2.11. The molecule has 0 rings (SSSR count). The molecule has 0 N–H and O–H groups in total. The Morgan fingerprint density at radius 2 is 2.00 bits per heavy atom. The summed E-state index contributed by atoms with van der Waals surface area (Å²) < 4.78 is 26.4. The summed E-state index contributed by atoms with van der Waals surface area (Å²) in [7, 11) is 1.13. The minimum Gasteiger partial charge on any atom is -0.360 e. The van der Waals surface area contributed by atoms with Gasteiger partial charge in [0.05, 0.1) is 0 Å². The van der Waals surface area contributed by atoms with Crippen molar-refractivity contribution >= 4 is 11.6 Å². The van der Waals surface area contributed by atoms with Crippen LogP contribution in [0, 0.1) is 0 Å². The SMILES string of the molecule is COC(Cl)C(F)F. The molecule has 0 aliphatic rings. The largest absolute Gasteiger partial charge is 0.360 e. The van der Waals surface area contributed by atoms with Crippen LogP contribution >= 0.6 is 11.6 Å². The van der Waals surface area contributed by atoms with E-state index in [2.05, 4.69) is 4.74 Å². The van der Waals surface area contributed by atoms with Crippen molar-refractivity contribution in [1.29, 1.82) is 0 Å². The quantitative estimate of drug-likeness (QED) is 0.515. The minimum atomic E-state index is -2.59. The Hall–Kier alpha value is 0.110. The first-order valence-corrected chi connectivity index (χ1v) is 2.07. The molecule has 0 aliphatic carbocycles. The fourth-order valence-electron chi connectivity index (χ4n) is 0.103. The Bertz CT molecular complexity index is 50.2. The van der Waals surface area contributed by atoms with Gasteiger partial charge >= 0.3 is 0 Å². The van der Waals surface area contributed by atoms with Gasteiger partial charge in [0.2, 0.25) is 0 Å². The second-order valence-corrected chi connectivity index (χ2v) is 1.35. The Balaban J connectivity index is 3.14. The molecule has 1 unspecified atom stereocenters. The zero-order chi connectivity index (χ0) is 5.86. The van der Waals surface area contributed by atoms with Gasteiger partial charge in [0.15, 0.2) is 5.56 Å². The molecular formula is C3H5ClF2O. The molecule has 0 fully saturated rings. The van der Waals surface area contributed by atoms with E-state index in [1.54, 1.807) is 0 Å². The lowest BCUT2D eigenvalue weighted by molar-refractivity contribution is 0.0154. The maximum absolute atomic E-state index is 11.2. The van der Waals surface area contributed by atoms with E-state index >= 15 is 0 Å². The van der Waals surface area contributed by atoms with Crippen LogP contribution in [-0.2, 0) is 4.74 Å². The normalized spacial score (nSPS) is 15.0. The van der Waals surface area contributed by atoms with E-state index in [-0.39, 0.29) is 0 Å². The number of methoxy groups -OCH3 is 1. The van der Waals surface area contributed by atoms with Crippen molar-refractivity contribution in [3.8, 4) is 0 Å². The molecule has 0 spiro atoms. The Kier molecular flexibility index (Phi) is 3.21. The molecule has 0 saturated carbocycles. The van der Waals surface area contributed by atoms with E-state index in [0.717, 1.165) is 7.11 Å². The van der Waals surface area contributed by atoms with E-state index in [1.807, 2.05) is 0 Å². The maximum Gasteiger partial charge on any atom is 0.278 e. The van der Waals surface area contributed by atoms with Crippen molar-refractivity contribution in [3.63, 3.8) is 0 Å². The van der Waals surface area contributed by atoms with Gasteiger partial charge in [-0.3, -0.25) is 0 Å². The topological polar surface area (TPSA) is 9.23 Å². The lowest BCUT2D eigenvalue weighted by atomic mass is 10.8. The molecule has 1 nitrogen and oxygen atoms in total. The zero-order valence-electron chi connectivity index (χ0n) is 3.70. The van der Waals surface area contributed by atoms with Crippen LogP contribution < -0.4 is 0 Å². The molecule has 0 saturated heterocycles. The summed E-state index contributed by atoms with van der Waals surface area (Å²) in [5.41, 5.74) is -1.46. The van der Waals surface area contributed by atoms with Crippen LogP contribution in [0.1, 0.15) is 0 Å². The van der Waals surface area contributed by atoms with Gasteiger partial charge in [-0.25, -0.2) is 8.78 Å². The van der Waals surface area contributed by atoms with E-state index < -0.39 is 12.0 Å². The number of halogens is 3. The van der Waals surface area contributed by atoms with Crippen LogP contribution in [0.25, 0.3) is 0 Å². The van der Waals surface area contributed by atoms with Gasteiger partial charge in [0.1, 0.15) is 0 Å². The first-order valence-electron chi connectivity index (χ1n) is 1.63. The third kappa shape index (κ3) is 2.76. The molecule has 0 amide bonds. The average Bonchev–Trinajstić information content (AvgIpc) is 1.65. The van der Waals surface area contributed by atoms with Crippen molar-refractivity contribution in [2.45, 2.75) is 12.0 Å². The molecule has 0 radical (unpaired) electrons. The van der Waals surface area contributed by atoms with E-state index in [1.165, 1.54) is 0 Å². The highest BCUT2D eigenvalue weighted by atomic mass is 35.5. The summed E-state index contributed by atoms with van der Waals surface area (Å²) in [6.07, 6.45) is -2.59. The molecule has 4 heteroatoms. The van der Waals surface area contributed by atoms with Crippen LogP contribution in [0.3, 0.4) is 0 Å². The third-order valence-corrected chi connectivity index (χ3v) is 0.792. The summed E-state index contributed by atoms with van der Waals surface area (Å²) in [4.78, 5) is 0. The van der Waals surface area contributed by atoms with Crippen LogP contribution in [0.5, 0.6) is 0 Å². The second kappa shape index (κ2) is 3.16. The highest BCUT2D eigenvalue weighted by Crippen LogP contribution is 2.07. The molecule has 0 aromatic heterocycles. The molecule has 0 aliphatic heterocycles. The molecule has 0 aromatic carbocycles. The van der Waals surface area contributed by atoms with Gasteiger partial charge in [-0.1, -0.05) is 11.6 Å². The summed E-state index contributed by atoms with van der Waals surface area (Å²) >= 11 is 4.83. The van der Waals surface area contributed by atoms with Gasteiger partial charge in [-0.15, -0.1) is 0 Å². The number of rotatable bonds is 2. The number of hydrogen-bond acceptors (Lipinski definition) is 1. The first-order chi connectivity index (χ1) is 3.18. The van der Waals surface area contributed by atoms with Crippen molar-refractivity contribution in [3.05, 3.63) is 0 Å². The summed E-state index contributed by atoms with van der Waals surface area (Å²) in [5.74, 6) is 0. The third-order valence-electron chi connectivity index (χ3n) is 0.423. The van der Waals surface area contributed by atoms with Crippen LogP contribution in [0.2, 0.25) is 0 Å². The molecule has 44 valence electrons. The first kappa shape index (κ1) is 7.11. The van der Waals surface area contributed by atoms with Crippen LogP contribution in [0.4, 0.5) is 8.78 Å². The number of alkyl halides is 3. The van der Waals surface area contributed by atoms with Crippen molar-refractivity contribution in [2.24, 2.45) is 0 Å². The predicted octanol–water partition coefficient (Wildman–Crippen LogP) is 1.46. The summed E-state index contributed by atoms with van der Waals surface area (Å²) in [5, 5.41) is 0. The second-order valence-electron chi connectivity index (χ2n) is 0.921. The van der Waals surface area contributed by atoms with Crippen LogP contribution in [-0.4, -0.2) is 19.1 Å². The van der Waals surface area contributed by atoms with Crippen molar-refractivity contribution < 1.29 is 13.5 Å². The van der Waals surface area contributed by atoms with Crippen molar-refractivity contribution in [1.82, 2.24) is 0 Å². The standard InChI is InChI=1S/C3H5ClF2O/c1-7-2(4)3(5)6/h2-3H,1H3. The molecule has 1 atom stereocenters. The lowest BCUT2D eigenvalue weighted by Gasteiger charge is -2.02. The highest BCUT2D eigenvalue weighted by molar-refractivity contribution is 6.19. The fourth-order valence-corrected chi connectivity index (χ4v) is 0.103. The molecule has 0 aromatic rings. The molecule has 0 heterocycles. The van der Waals surface area contributed by atoms with Crippen LogP contribution in [0.15, 0.2) is 0 Å². The summed E-state index contributed by atoms with van der Waals surface area (Å²) in [6.45, 7) is 0. The average molecular weight is 131 g/mol. The number of ether oxygens (including phenoxy) is 1. The molecular weight excluding hydrogens is 125 g/mol. The monoisotopic (exact) mass is 130 g/mol. The van der Waals surface area contributed by atoms with Gasteiger partial charge in [0, 0.05) is 7.11 Å². The van der Waals surface area contributed by atoms with Crippen molar-refractivity contribution in [2.75, 3.05) is 7.11 Å². The predicted molar refractivity (Wildman–Crippen MR) is 22.7 cm³/mol. The number of hydrogen-bond donors (Lipinski definition) is 0. The fraction of sp³-hybridized carbons (Fsp3) is 1.00. The van der Waals surface area contributed by atoms with E-state index in [0.29, 0.717) is 0 Å². The highest BCUT2D eigenvalue weighted by Gasteiger charge is 2.14. The van der Waals surface area contributed by atoms with E-state index in [4.69, 9.17) is 11.6 Å². The Morgan fingerprint density at radius 3 is 2.00 bits per heavy atom. The minimum absolute atomic E-state index is 1.13. The van der Waals surface area contributed by atoms with Gasteiger partial charge in [-0.2, -0.15) is 0 Å². The zero-order valence-corrected chi connectivity index (χ0v) is 4.45. The molecule has 0 bridgehead atoms. The Labute approximate surface area is 45.2 Å². The smallest absolute Gasteiger partial charge is 0.278 e. The maximum atomic E-state index is 11.2.